The Hall–Kier alpha value is -0.300. The highest BCUT2D eigenvalue weighted by Crippen LogP contribution is 2.11. The average Bonchev–Trinajstić information content (AvgIpc) is 2.19. The van der Waals surface area contributed by atoms with E-state index in [9.17, 15) is 0 Å². The average molecular weight is 112 g/mol. The van der Waals surface area contributed by atoms with Crippen molar-refractivity contribution in [1.29, 1.82) is 0 Å². The lowest BCUT2D eigenvalue weighted by atomic mass is 10.3. The third-order valence-corrected chi connectivity index (χ3v) is 1.35. The van der Waals surface area contributed by atoms with E-state index < -0.39 is 0 Å². The first-order valence-electron chi connectivity index (χ1n) is 3.21. The summed E-state index contributed by atoms with van der Waals surface area (Å²) in [6.45, 7) is 2.88. The Morgan fingerprint density at radius 1 is 1.75 bits per heavy atom. The van der Waals surface area contributed by atoms with Gasteiger partial charge in [-0.25, -0.2) is 0 Å². The minimum Gasteiger partial charge on any atom is -0.374 e. The fraction of sp³-hybridized carbons (Fsp3) is 0.714. The summed E-state index contributed by atoms with van der Waals surface area (Å²) in [5.41, 5.74) is 0. The van der Waals surface area contributed by atoms with Crippen LogP contribution in [0.4, 0.5) is 0 Å². The summed E-state index contributed by atoms with van der Waals surface area (Å²) in [6, 6.07) is 0. The van der Waals surface area contributed by atoms with E-state index in [-0.39, 0.29) is 0 Å². The lowest BCUT2D eigenvalue weighted by Gasteiger charge is -2.04. The first-order chi connectivity index (χ1) is 3.93. The number of ether oxygens (including phenoxy) is 1. The van der Waals surface area contributed by atoms with Crippen molar-refractivity contribution in [3.05, 3.63) is 12.2 Å². The Morgan fingerprint density at radius 2 is 2.62 bits per heavy atom. The maximum Gasteiger partial charge on any atom is 0.0758 e. The van der Waals surface area contributed by atoms with Crippen LogP contribution in [0.15, 0.2) is 12.2 Å². The van der Waals surface area contributed by atoms with Gasteiger partial charge < -0.3 is 4.74 Å². The van der Waals surface area contributed by atoms with Gasteiger partial charge in [-0.05, 0) is 19.8 Å². The van der Waals surface area contributed by atoms with Gasteiger partial charge in [0.2, 0.25) is 0 Å². The van der Waals surface area contributed by atoms with Crippen molar-refractivity contribution in [1.82, 2.24) is 0 Å². The molecule has 1 heteroatoms. The Bertz CT molecular complexity index is 86.4. The molecule has 0 saturated carbocycles. The zero-order valence-corrected chi connectivity index (χ0v) is 5.26. The molecule has 0 bridgehead atoms. The van der Waals surface area contributed by atoms with Gasteiger partial charge in [-0.3, -0.25) is 0 Å². The first kappa shape index (κ1) is 5.83. The number of allylic oxidation sites excluding steroid dienone is 1. The van der Waals surface area contributed by atoms with Crippen molar-refractivity contribution in [3.8, 4) is 0 Å². The van der Waals surface area contributed by atoms with Gasteiger partial charge in [0.15, 0.2) is 0 Å². The summed E-state index contributed by atoms with van der Waals surface area (Å²) in [5.74, 6) is 0. The Balaban J connectivity index is 2.16. The van der Waals surface area contributed by atoms with E-state index in [1.165, 1.54) is 12.8 Å². The predicted molar refractivity (Wildman–Crippen MR) is 33.8 cm³/mol. The molecule has 0 aromatic carbocycles. The van der Waals surface area contributed by atoms with Gasteiger partial charge in [-0.15, -0.1) is 0 Å². The van der Waals surface area contributed by atoms with E-state index in [1.54, 1.807) is 0 Å². The van der Waals surface area contributed by atoms with Crippen molar-refractivity contribution in [3.63, 3.8) is 0 Å². The molecule has 0 aliphatic heterocycles. The molecule has 0 N–H and O–H groups in total. The van der Waals surface area contributed by atoms with E-state index in [2.05, 4.69) is 12.2 Å². The fourth-order valence-corrected chi connectivity index (χ4v) is 0.958. The van der Waals surface area contributed by atoms with Crippen molar-refractivity contribution in [2.45, 2.75) is 25.9 Å². The molecule has 1 atom stereocenters. The highest BCUT2D eigenvalue weighted by atomic mass is 16.5. The molecular formula is C7H12O. The topological polar surface area (TPSA) is 9.23 Å². The molecule has 46 valence electrons. The molecule has 0 radical (unpaired) electrons. The maximum atomic E-state index is 5.32. The molecule has 0 aromatic rings. The molecule has 0 heterocycles. The van der Waals surface area contributed by atoms with E-state index >= 15 is 0 Å². The van der Waals surface area contributed by atoms with Gasteiger partial charge in [0.25, 0.3) is 0 Å². The molecule has 1 aliphatic rings. The van der Waals surface area contributed by atoms with Gasteiger partial charge >= 0.3 is 0 Å². The van der Waals surface area contributed by atoms with Crippen molar-refractivity contribution >= 4 is 0 Å². The second kappa shape index (κ2) is 2.88. The van der Waals surface area contributed by atoms with Crippen LogP contribution in [-0.4, -0.2) is 12.7 Å². The molecule has 0 amide bonds. The van der Waals surface area contributed by atoms with Crippen LogP contribution in [0.3, 0.4) is 0 Å². The zero-order valence-electron chi connectivity index (χ0n) is 5.26. The number of hydrogen-bond acceptors (Lipinski definition) is 1. The lowest BCUT2D eigenvalue weighted by Crippen LogP contribution is -2.04. The Kier molecular flexibility index (Phi) is 2.10. The van der Waals surface area contributed by atoms with Crippen molar-refractivity contribution < 1.29 is 4.74 Å². The number of hydrogen-bond donors (Lipinski definition) is 0. The Labute approximate surface area is 50.3 Å². The molecule has 0 fully saturated rings. The van der Waals surface area contributed by atoms with E-state index in [1.807, 2.05) is 6.92 Å². The summed E-state index contributed by atoms with van der Waals surface area (Å²) in [6.07, 6.45) is 7.14. The van der Waals surface area contributed by atoms with Gasteiger partial charge in [-0.1, -0.05) is 12.2 Å². The van der Waals surface area contributed by atoms with Crippen LogP contribution < -0.4 is 0 Å². The van der Waals surface area contributed by atoms with Crippen LogP contribution >= 0.6 is 0 Å². The SMILES string of the molecule is CCOC1C=CCC1. The van der Waals surface area contributed by atoms with Gasteiger partial charge in [0.05, 0.1) is 6.10 Å². The fourth-order valence-electron chi connectivity index (χ4n) is 0.958. The van der Waals surface area contributed by atoms with Crippen LogP contribution in [0.2, 0.25) is 0 Å². The lowest BCUT2D eigenvalue weighted by molar-refractivity contribution is 0.0965. The molecule has 0 saturated heterocycles. The molecule has 1 unspecified atom stereocenters. The largest absolute Gasteiger partial charge is 0.374 e. The van der Waals surface area contributed by atoms with Crippen LogP contribution in [0.5, 0.6) is 0 Å². The van der Waals surface area contributed by atoms with E-state index in [0.29, 0.717) is 6.10 Å². The monoisotopic (exact) mass is 112 g/mol. The smallest absolute Gasteiger partial charge is 0.0758 e. The Morgan fingerprint density at radius 3 is 3.12 bits per heavy atom. The summed E-state index contributed by atoms with van der Waals surface area (Å²) in [5, 5.41) is 0. The maximum absolute atomic E-state index is 5.32. The van der Waals surface area contributed by atoms with E-state index in [0.717, 1.165) is 6.61 Å². The first-order valence-corrected chi connectivity index (χ1v) is 3.21. The number of rotatable bonds is 2. The summed E-state index contributed by atoms with van der Waals surface area (Å²) < 4.78 is 5.32. The second-order valence-electron chi connectivity index (χ2n) is 2.00. The second-order valence-corrected chi connectivity index (χ2v) is 2.00. The quantitative estimate of drug-likeness (QED) is 0.494. The minimum absolute atomic E-state index is 0.431. The van der Waals surface area contributed by atoms with Gasteiger partial charge in [0, 0.05) is 6.61 Å². The van der Waals surface area contributed by atoms with Gasteiger partial charge in [0.1, 0.15) is 0 Å². The normalized spacial score (nSPS) is 26.9. The summed E-state index contributed by atoms with van der Waals surface area (Å²) in [7, 11) is 0. The zero-order chi connectivity index (χ0) is 5.82. The van der Waals surface area contributed by atoms with Crippen molar-refractivity contribution in [2.75, 3.05) is 6.61 Å². The molecule has 1 nitrogen and oxygen atoms in total. The van der Waals surface area contributed by atoms with Crippen LogP contribution in [-0.2, 0) is 4.74 Å². The van der Waals surface area contributed by atoms with Crippen LogP contribution in [0.1, 0.15) is 19.8 Å². The molecule has 0 spiro atoms. The molecule has 8 heavy (non-hydrogen) atoms. The van der Waals surface area contributed by atoms with Crippen molar-refractivity contribution in [2.24, 2.45) is 0 Å². The van der Waals surface area contributed by atoms with E-state index in [4.69, 9.17) is 4.74 Å². The molecule has 1 rings (SSSR count). The van der Waals surface area contributed by atoms with Crippen LogP contribution in [0.25, 0.3) is 0 Å². The molecular weight excluding hydrogens is 100 g/mol. The van der Waals surface area contributed by atoms with Gasteiger partial charge in [-0.2, -0.15) is 0 Å². The highest BCUT2D eigenvalue weighted by Gasteiger charge is 2.06. The van der Waals surface area contributed by atoms with Crippen LogP contribution in [0, 0.1) is 0 Å². The molecule has 0 aromatic heterocycles. The third kappa shape index (κ3) is 1.34. The summed E-state index contributed by atoms with van der Waals surface area (Å²) >= 11 is 0. The third-order valence-electron chi connectivity index (χ3n) is 1.35. The standard InChI is InChI=1S/C7H12O/c1-2-8-7-5-3-4-6-7/h3,5,7H,2,4,6H2,1H3. The molecule has 1 aliphatic carbocycles. The summed E-state index contributed by atoms with van der Waals surface area (Å²) in [4.78, 5) is 0. The highest BCUT2D eigenvalue weighted by molar-refractivity contribution is 4.97. The predicted octanol–water partition coefficient (Wildman–Crippen LogP) is 1.74. The minimum atomic E-state index is 0.431.